The molecule has 6 nitrogen and oxygen atoms in total. The van der Waals surface area contributed by atoms with Crippen LogP contribution in [0.15, 0.2) is 48.5 Å². The summed E-state index contributed by atoms with van der Waals surface area (Å²) in [7, 11) is 5.73. The molecule has 0 bridgehead atoms. The Labute approximate surface area is 159 Å². The molecule has 0 aromatic heterocycles. The molecule has 1 unspecified atom stereocenters. The molecule has 0 saturated carbocycles. The molecule has 0 spiro atoms. The van der Waals surface area contributed by atoms with Gasteiger partial charge in [-0.2, -0.15) is 0 Å². The summed E-state index contributed by atoms with van der Waals surface area (Å²) in [5.74, 6) is 0.300. The number of para-hydroxylation sites is 2. The Balaban J connectivity index is 1.70. The van der Waals surface area contributed by atoms with Gasteiger partial charge in [-0.05, 0) is 36.8 Å². The Morgan fingerprint density at radius 2 is 1.74 bits per heavy atom. The highest BCUT2D eigenvalue weighted by atomic mass is 16.5. The monoisotopic (exact) mass is 367 g/mol. The Kier molecular flexibility index (Phi) is 5.35. The molecule has 0 aliphatic carbocycles. The van der Waals surface area contributed by atoms with Crippen LogP contribution in [0.1, 0.15) is 12.5 Å². The van der Waals surface area contributed by atoms with Gasteiger partial charge in [0, 0.05) is 33.4 Å². The number of amides is 2. The van der Waals surface area contributed by atoms with Crippen molar-refractivity contribution >= 4 is 23.2 Å². The van der Waals surface area contributed by atoms with E-state index in [9.17, 15) is 9.59 Å². The summed E-state index contributed by atoms with van der Waals surface area (Å²) in [6.45, 7) is 2.18. The molecule has 2 aromatic rings. The van der Waals surface area contributed by atoms with Crippen LogP contribution in [0.3, 0.4) is 0 Å². The lowest BCUT2D eigenvalue weighted by Crippen LogP contribution is -2.48. The zero-order chi connectivity index (χ0) is 19.6. The Bertz CT molecular complexity index is 833. The highest BCUT2D eigenvalue weighted by molar-refractivity contribution is 6.03. The number of carbonyl (C=O) groups is 2. The minimum Gasteiger partial charge on any atom is -0.479 e. The average Bonchev–Trinajstić information content (AvgIpc) is 2.65. The molecular formula is C21H25N3O3. The van der Waals surface area contributed by atoms with E-state index in [2.05, 4.69) is 0 Å². The van der Waals surface area contributed by atoms with Crippen molar-refractivity contribution in [3.63, 3.8) is 0 Å². The van der Waals surface area contributed by atoms with E-state index >= 15 is 0 Å². The van der Waals surface area contributed by atoms with Gasteiger partial charge in [-0.3, -0.25) is 14.5 Å². The summed E-state index contributed by atoms with van der Waals surface area (Å²) in [5.41, 5.74) is 2.79. The molecule has 2 amide bonds. The lowest BCUT2D eigenvalue weighted by Gasteiger charge is -2.33. The number of benzene rings is 2. The topological polar surface area (TPSA) is 53.1 Å². The summed E-state index contributed by atoms with van der Waals surface area (Å²) in [6, 6.07) is 15.4. The summed E-state index contributed by atoms with van der Waals surface area (Å²) >= 11 is 0. The van der Waals surface area contributed by atoms with Gasteiger partial charge in [0.2, 0.25) is 5.91 Å². The zero-order valence-corrected chi connectivity index (χ0v) is 16.2. The number of hydrogen-bond donors (Lipinski definition) is 0. The maximum atomic E-state index is 12.7. The summed E-state index contributed by atoms with van der Waals surface area (Å²) < 4.78 is 5.62. The number of rotatable bonds is 5. The van der Waals surface area contributed by atoms with Gasteiger partial charge in [0.25, 0.3) is 5.91 Å². The van der Waals surface area contributed by atoms with Crippen LogP contribution < -0.4 is 14.5 Å². The van der Waals surface area contributed by atoms with Crippen LogP contribution in [0.25, 0.3) is 0 Å². The third-order valence-electron chi connectivity index (χ3n) is 4.67. The largest absolute Gasteiger partial charge is 0.479 e. The quantitative estimate of drug-likeness (QED) is 0.815. The van der Waals surface area contributed by atoms with E-state index in [-0.39, 0.29) is 18.4 Å². The number of ether oxygens (including phenoxy) is 1. The first-order valence-electron chi connectivity index (χ1n) is 8.94. The van der Waals surface area contributed by atoms with Crippen LogP contribution in [-0.4, -0.2) is 50.5 Å². The van der Waals surface area contributed by atoms with E-state index < -0.39 is 6.10 Å². The third-order valence-corrected chi connectivity index (χ3v) is 4.67. The van der Waals surface area contributed by atoms with Gasteiger partial charge < -0.3 is 14.5 Å². The summed E-state index contributed by atoms with van der Waals surface area (Å²) in [4.78, 5) is 30.4. The van der Waals surface area contributed by atoms with E-state index in [1.807, 2.05) is 61.5 Å². The van der Waals surface area contributed by atoms with Gasteiger partial charge in [0.1, 0.15) is 12.3 Å². The van der Waals surface area contributed by atoms with Crippen molar-refractivity contribution in [2.45, 2.75) is 19.6 Å². The number of nitrogens with zero attached hydrogens (tertiary/aromatic N) is 3. The standard InChI is InChI=1S/C21H25N3O3/c1-15-21(26)24(18-7-5-6-8-19(18)27-15)14-20(25)23(4)13-16-9-11-17(12-10-16)22(2)3/h5-12,15H,13-14H2,1-4H3. The molecule has 2 aromatic carbocycles. The molecule has 142 valence electrons. The predicted octanol–water partition coefficient (Wildman–Crippen LogP) is 2.53. The maximum Gasteiger partial charge on any atom is 0.268 e. The van der Waals surface area contributed by atoms with Gasteiger partial charge in [0.05, 0.1) is 5.69 Å². The molecule has 0 N–H and O–H groups in total. The summed E-state index contributed by atoms with van der Waals surface area (Å²) in [6.07, 6.45) is -0.600. The molecular weight excluding hydrogens is 342 g/mol. The molecule has 3 rings (SSSR count). The normalized spacial score (nSPS) is 15.8. The molecule has 6 heteroatoms. The number of carbonyl (C=O) groups excluding carboxylic acids is 2. The second kappa shape index (κ2) is 7.70. The second-order valence-electron chi connectivity index (χ2n) is 6.96. The second-order valence-corrected chi connectivity index (χ2v) is 6.96. The fourth-order valence-corrected chi connectivity index (χ4v) is 3.04. The molecule has 0 fully saturated rings. The van der Waals surface area contributed by atoms with E-state index in [0.29, 0.717) is 18.0 Å². The fraction of sp³-hybridized carbons (Fsp3) is 0.333. The molecule has 1 aliphatic rings. The van der Waals surface area contributed by atoms with Crippen LogP contribution in [0, 0.1) is 0 Å². The lowest BCUT2D eigenvalue weighted by molar-refractivity contribution is -0.132. The minimum absolute atomic E-state index is 0.00414. The van der Waals surface area contributed by atoms with Crippen molar-refractivity contribution in [1.29, 1.82) is 0 Å². The highest BCUT2D eigenvalue weighted by Gasteiger charge is 2.33. The van der Waals surface area contributed by atoms with Gasteiger partial charge >= 0.3 is 0 Å². The van der Waals surface area contributed by atoms with Gasteiger partial charge in [-0.1, -0.05) is 24.3 Å². The third kappa shape index (κ3) is 4.05. The van der Waals surface area contributed by atoms with Crippen LogP contribution in [0.5, 0.6) is 5.75 Å². The SMILES string of the molecule is CC1Oc2ccccc2N(CC(=O)N(C)Cc2ccc(N(C)C)cc2)C1=O. The van der Waals surface area contributed by atoms with E-state index in [0.717, 1.165) is 11.3 Å². The molecule has 27 heavy (non-hydrogen) atoms. The number of fused-ring (bicyclic) bond motifs is 1. The van der Waals surface area contributed by atoms with Crippen molar-refractivity contribution in [2.24, 2.45) is 0 Å². The van der Waals surface area contributed by atoms with Gasteiger partial charge in [-0.15, -0.1) is 0 Å². The summed E-state index contributed by atoms with van der Waals surface area (Å²) in [5, 5.41) is 0. The molecule has 1 atom stereocenters. The maximum absolute atomic E-state index is 12.7. The fourth-order valence-electron chi connectivity index (χ4n) is 3.04. The van der Waals surface area contributed by atoms with Crippen LogP contribution in [-0.2, 0) is 16.1 Å². The van der Waals surface area contributed by atoms with Crippen molar-refractivity contribution in [3.05, 3.63) is 54.1 Å². The van der Waals surface area contributed by atoms with Crippen LogP contribution in [0.2, 0.25) is 0 Å². The smallest absolute Gasteiger partial charge is 0.268 e. The first kappa shape index (κ1) is 18.8. The molecule has 1 heterocycles. The van der Waals surface area contributed by atoms with Crippen molar-refractivity contribution in [3.8, 4) is 5.75 Å². The Morgan fingerprint density at radius 3 is 2.41 bits per heavy atom. The number of likely N-dealkylation sites (N-methyl/N-ethyl adjacent to an activating group) is 1. The highest BCUT2D eigenvalue weighted by Crippen LogP contribution is 2.33. The van der Waals surface area contributed by atoms with E-state index in [4.69, 9.17) is 4.74 Å². The Hall–Kier alpha value is -3.02. The molecule has 0 saturated heterocycles. The zero-order valence-electron chi connectivity index (χ0n) is 16.2. The number of hydrogen-bond acceptors (Lipinski definition) is 4. The predicted molar refractivity (Wildman–Crippen MR) is 106 cm³/mol. The van der Waals surface area contributed by atoms with E-state index in [1.165, 1.54) is 4.90 Å². The minimum atomic E-state index is -0.600. The van der Waals surface area contributed by atoms with E-state index in [1.54, 1.807) is 24.9 Å². The molecule has 0 radical (unpaired) electrons. The van der Waals surface area contributed by atoms with Crippen LogP contribution in [0.4, 0.5) is 11.4 Å². The van der Waals surface area contributed by atoms with Gasteiger partial charge in [-0.25, -0.2) is 0 Å². The van der Waals surface area contributed by atoms with Crippen molar-refractivity contribution in [2.75, 3.05) is 37.5 Å². The first-order chi connectivity index (χ1) is 12.9. The molecule has 1 aliphatic heterocycles. The Morgan fingerprint density at radius 1 is 1.07 bits per heavy atom. The average molecular weight is 367 g/mol. The number of anilines is 2. The van der Waals surface area contributed by atoms with Crippen molar-refractivity contribution in [1.82, 2.24) is 4.90 Å². The van der Waals surface area contributed by atoms with Crippen LogP contribution >= 0.6 is 0 Å². The van der Waals surface area contributed by atoms with Crippen molar-refractivity contribution < 1.29 is 14.3 Å². The van der Waals surface area contributed by atoms with Gasteiger partial charge in [0.15, 0.2) is 6.10 Å². The first-order valence-corrected chi connectivity index (χ1v) is 8.94. The lowest BCUT2D eigenvalue weighted by atomic mass is 10.1.